The van der Waals surface area contributed by atoms with E-state index in [0.29, 0.717) is 16.3 Å². The number of nitrogens with two attached hydrogens (primary N) is 1. The Labute approximate surface area is 160 Å². The smallest absolute Gasteiger partial charge is 0.236 e. The van der Waals surface area contributed by atoms with Gasteiger partial charge < -0.3 is 26.0 Å². The Bertz CT molecular complexity index is 908. The van der Waals surface area contributed by atoms with E-state index in [0.717, 1.165) is 23.0 Å². The van der Waals surface area contributed by atoms with E-state index in [1.807, 2.05) is 54.6 Å². The molecule has 1 atom stereocenters. The zero-order valence-electron chi connectivity index (χ0n) is 14.7. The number of anilines is 2. The molecular weight excluding hydrogens is 364 g/mol. The average Bonchev–Trinajstić information content (AvgIpc) is 3.02. The van der Waals surface area contributed by atoms with Crippen LogP contribution in [0.15, 0.2) is 59.6 Å². The summed E-state index contributed by atoms with van der Waals surface area (Å²) >= 11 is 1.07. The van der Waals surface area contributed by atoms with Crippen LogP contribution in [0.3, 0.4) is 0 Å². The lowest BCUT2D eigenvalue weighted by molar-refractivity contribution is 0.204. The number of aliphatic imine (C=N–C) groups is 1. The minimum absolute atomic E-state index is 0.119. The number of ether oxygens (including phenoxy) is 1. The standard InChI is InChI=1S/C19H20N4O3S/c1-12(24)11-21-17(20)16-18(25)23-27-19(16)22-13-7-9-15(10-8-13)26-14-5-3-2-4-6-14/h2-10,12,22,24H,11H2,1H3,(H2,20,21)(H,23,25)/t12-/m0/s1. The maximum absolute atomic E-state index is 9.97. The first-order chi connectivity index (χ1) is 13.0. The van der Waals surface area contributed by atoms with Gasteiger partial charge in [0.05, 0.1) is 12.6 Å². The minimum atomic E-state index is -0.620. The molecule has 0 aliphatic rings. The van der Waals surface area contributed by atoms with Crippen LogP contribution in [0.2, 0.25) is 0 Å². The number of para-hydroxylation sites is 1. The summed E-state index contributed by atoms with van der Waals surface area (Å²) in [6.45, 7) is 1.76. The number of rotatable bonds is 7. The number of hydrogen-bond donors (Lipinski definition) is 4. The molecule has 0 fully saturated rings. The number of aromatic hydroxyl groups is 1. The van der Waals surface area contributed by atoms with Crippen LogP contribution < -0.4 is 15.8 Å². The van der Waals surface area contributed by atoms with Gasteiger partial charge in [0.25, 0.3) is 0 Å². The highest BCUT2D eigenvalue weighted by molar-refractivity contribution is 7.11. The highest BCUT2D eigenvalue weighted by atomic mass is 32.1. The lowest BCUT2D eigenvalue weighted by Gasteiger charge is -2.09. The van der Waals surface area contributed by atoms with Crippen LogP contribution in [0.4, 0.5) is 10.7 Å². The monoisotopic (exact) mass is 384 g/mol. The molecule has 0 radical (unpaired) electrons. The number of aromatic nitrogens is 1. The largest absolute Gasteiger partial charge is 0.492 e. The fourth-order valence-corrected chi connectivity index (χ4v) is 2.99. The third kappa shape index (κ3) is 4.96. The average molecular weight is 384 g/mol. The van der Waals surface area contributed by atoms with Gasteiger partial charge in [-0.3, -0.25) is 4.99 Å². The summed E-state index contributed by atoms with van der Waals surface area (Å²) < 4.78 is 9.68. The summed E-state index contributed by atoms with van der Waals surface area (Å²) in [7, 11) is 0. The van der Waals surface area contributed by atoms with Gasteiger partial charge in [-0.05, 0) is 54.9 Å². The lowest BCUT2D eigenvalue weighted by atomic mass is 10.2. The fourth-order valence-electron chi connectivity index (χ4n) is 2.27. The molecule has 2 aromatic carbocycles. The quantitative estimate of drug-likeness (QED) is 0.366. The molecule has 1 heterocycles. The van der Waals surface area contributed by atoms with E-state index in [9.17, 15) is 10.2 Å². The first-order valence-electron chi connectivity index (χ1n) is 8.30. The molecule has 8 heteroatoms. The van der Waals surface area contributed by atoms with Crippen molar-refractivity contribution < 1.29 is 14.9 Å². The Morgan fingerprint density at radius 1 is 1.19 bits per heavy atom. The summed E-state index contributed by atoms with van der Waals surface area (Å²) in [5.74, 6) is 1.39. The van der Waals surface area contributed by atoms with Gasteiger partial charge in [0.1, 0.15) is 27.9 Å². The number of benzene rings is 2. The van der Waals surface area contributed by atoms with Crippen LogP contribution >= 0.6 is 11.5 Å². The van der Waals surface area contributed by atoms with Crippen molar-refractivity contribution in [3.8, 4) is 17.4 Å². The molecule has 0 aliphatic carbocycles. The maximum Gasteiger partial charge on any atom is 0.236 e. The van der Waals surface area contributed by atoms with Gasteiger partial charge in [-0.2, -0.15) is 4.37 Å². The van der Waals surface area contributed by atoms with Gasteiger partial charge in [-0.25, -0.2) is 0 Å². The predicted molar refractivity (Wildman–Crippen MR) is 107 cm³/mol. The molecule has 140 valence electrons. The van der Waals surface area contributed by atoms with Crippen molar-refractivity contribution in [2.75, 3.05) is 11.9 Å². The van der Waals surface area contributed by atoms with Crippen LogP contribution in [0.5, 0.6) is 17.4 Å². The summed E-state index contributed by atoms with van der Waals surface area (Å²) in [6, 6.07) is 16.9. The van der Waals surface area contributed by atoms with Crippen molar-refractivity contribution in [1.82, 2.24) is 4.37 Å². The fraction of sp³-hybridized carbons (Fsp3) is 0.158. The molecule has 3 rings (SSSR count). The Balaban J connectivity index is 1.73. The molecule has 7 nitrogen and oxygen atoms in total. The van der Waals surface area contributed by atoms with E-state index in [-0.39, 0.29) is 18.3 Å². The second-order valence-corrected chi connectivity index (χ2v) is 6.62. The highest BCUT2D eigenvalue weighted by Crippen LogP contribution is 2.32. The molecule has 1 aromatic heterocycles. The van der Waals surface area contributed by atoms with E-state index in [2.05, 4.69) is 14.7 Å². The van der Waals surface area contributed by atoms with Crippen molar-refractivity contribution in [3.63, 3.8) is 0 Å². The molecule has 0 saturated carbocycles. The van der Waals surface area contributed by atoms with E-state index < -0.39 is 6.10 Å². The van der Waals surface area contributed by atoms with Crippen LogP contribution in [-0.2, 0) is 0 Å². The van der Waals surface area contributed by atoms with E-state index in [4.69, 9.17) is 10.5 Å². The maximum atomic E-state index is 9.97. The number of nitrogens with zero attached hydrogens (tertiary/aromatic N) is 2. The SMILES string of the molecule is C[C@H](O)CN=C(N)c1c(O)nsc1Nc1ccc(Oc2ccccc2)cc1. The number of nitrogens with one attached hydrogen (secondary N) is 1. The van der Waals surface area contributed by atoms with Gasteiger partial charge in [0, 0.05) is 5.69 Å². The number of hydrogen-bond acceptors (Lipinski definition) is 7. The van der Waals surface area contributed by atoms with Crippen LogP contribution in [0.25, 0.3) is 0 Å². The van der Waals surface area contributed by atoms with Gasteiger partial charge in [0.15, 0.2) is 0 Å². The summed E-state index contributed by atoms with van der Waals surface area (Å²) in [5, 5.41) is 23.0. The van der Waals surface area contributed by atoms with Crippen LogP contribution in [-0.4, -0.2) is 33.1 Å². The first kappa shape index (κ1) is 18.7. The van der Waals surface area contributed by atoms with Crippen LogP contribution in [0, 0.1) is 0 Å². The Morgan fingerprint density at radius 2 is 1.85 bits per heavy atom. The summed E-state index contributed by atoms with van der Waals surface area (Å²) in [6.07, 6.45) is -0.620. The third-order valence-electron chi connectivity index (χ3n) is 3.55. The van der Waals surface area contributed by atoms with Crippen molar-refractivity contribution in [3.05, 3.63) is 60.2 Å². The zero-order chi connectivity index (χ0) is 19.2. The van der Waals surface area contributed by atoms with Crippen molar-refractivity contribution >= 4 is 28.1 Å². The molecule has 0 saturated heterocycles. The third-order valence-corrected chi connectivity index (χ3v) is 4.30. The van der Waals surface area contributed by atoms with Gasteiger partial charge in [0.2, 0.25) is 5.88 Å². The number of aliphatic hydroxyl groups is 1. The van der Waals surface area contributed by atoms with E-state index in [1.165, 1.54) is 0 Å². The van der Waals surface area contributed by atoms with Crippen molar-refractivity contribution in [2.45, 2.75) is 13.0 Å². The van der Waals surface area contributed by atoms with Crippen molar-refractivity contribution in [1.29, 1.82) is 0 Å². The Kier molecular flexibility index (Phi) is 5.90. The molecule has 3 aromatic rings. The lowest BCUT2D eigenvalue weighted by Crippen LogP contribution is -2.17. The molecular formula is C19H20N4O3S. The van der Waals surface area contributed by atoms with Gasteiger partial charge in [-0.15, -0.1) is 0 Å². The van der Waals surface area contributed by atoms with E-state index in [1.54, 1.807) is 6.92 Å². The molecule has 0 aliphatic heterocycles. The molecule has 5 N–H and O–H groups in total. The second kappa shape index (κ2) is 8.52. The second-order valence-electron chi connectivity index (χ2n) is 5.85. The molecule has 0 amide bonds. The Morgan fingerprint density at radius 3 is 2.52 bits per heavy atom. The minimum Gasteiger partial charge on any atom is -0.492 e. The topological polar surface area (TPSA) is 113 Å². The molecule has 0 unspecified atom stereocenters. The first-order valence-corrected chi connectivity index (χ1v) is 9.07. The van der Waals surface area contributed by atoms with Gasteiger partial charge in [-0.1, -0.05) is 18.2 Å². The number of amidine groups is 1. The van der Waals surface area contributed by atoms with Gasteiger partial charge >= 0.3 is 0 Å². The van der Waals surface area contributed by atoms with E-state index >= 15 is 0 Å². The normalized spacial score (nSPS) is 12.6. The highest BCUT2D eigenvalue weighted by Gasteiger charge is 2.17. The molecule has 0 spiro atoms. The van der Waals surface area contributed by atoms with Crippen LogP contribution in [0.1, 0.15) is 12.5 Å². The predicted octanol–water partition coefficient (Wildman–Crippen LogP) is 3.47. The number of aliphatic hydroxyl groups excluding tert-OH is 1. The summed E-state index contributed by atoms with van der Waals surface area (Å²) in [4.78, 5) is 4.08. The molecule has 27 heavy (non-hydrogen) atoms. The summed E-state index contributed by atoms with van der Waals surface area (Å²) in [5.41, 5.74) is 7.04. The zero-order valence-corrected chi connectivity index (χ0v) is 15.5. The van der Waals surface area contributed by atoms with Crippen molar-refractivity contribution in [2.24, 2.45) is 10.7 Å². The Hall–Kier alpha value is -3.10. The molecule has 0 bridgehead atoms.